The number of hydrogen-bond donors (Lipinski definition) is 0. The van der Waals surface area contributed by atoms with Crippen LogP contribution in [0, 0.1) is 10.1 Å². The van der Waals surface area contributed by atoms with E-state index in [1.54, 1.807) is 48.5 Å². The zero-order valence-electron chi connectivity index (χ0n) is 16.5. The van der Waals surface area contributed by atoms with Gasteiger partial charge in [0.1, 0.15) is 16.3 Å². The number of allylic oxidation sites excluding steroid dienone is 2. The highest BCUT2D eigenvalue weighted by Gasteiger charge is 2.40. The molecule has 8 nitrogen and oxygen atoms in total. The first kappa shape index (κ1) is 20.9. The van der Waals surface area contributed by atoms with Crippen molar-refractivity contribution in [2.24, 2.45) is 0 Å². The average Bonchev–Trinajstić information content (AvgIpc) is 3.27. The van der Waals surface area contributed by atoms with Crippen molar-refractivity contribution in [1.29, 1.82) is 0 Å². The molecule has 4 rings (SSSR count). The lowest BCUT2D eigenvalue weighted by Gasteiger charge is -2.36. The SMILES string of the molecule is O=C1C(=C/C=C/c2ccc([N+](=O)[O-])o2)C(=O)N(c2ccccc2)C(=S)N1c1ccccc1. The number of nitro groups is 1. The van der Waals surface area contributed by atoms with E-state index in [4.69, 9.17) is 16.6 Å². The third-order valence-electron chi connectivity index (χ3n) is 4.59. The molecule has 1 aliphatic rings. The number of anilines is 2. The molecular formula is C23H15N3O5S. The van der Waals surface area contributed by atoms with Crippen LogP contribution in [0.3, 0.4) is 0 Å². The zero-order valence-corrected chi connectivity index (χ0v) is 17.3. The van der Waals surface area contributed by atoms with E-state index in [0.29, 0.717) is 11.4 Å². The summed E-state index contributed by atoms with van der Waals surface area (Å²) in [4.78, 5) is 39.2. The Labute approximate surface area is 187 Å². The molecule has 0 saturated carbocycles. The van der Waals surface area contributed by atoms with E-state index in [1.165, 1.54) is 40.2 Å². The lowest BCUT2D eigenvalue weighted by atomic mass is 10.1. The van der Waals surface area contributed by atoms with Crippen LogP contribution in [0.25, 0.3) is 6.08 Å². The molecule has 2 aromatic carbocycles. The smallest absolute Gasteiger partial charge is 0.401 e. The van der Waals surface area contributed by atoms with Crippen molar-refractivity contribution in [2.45, 2.75) is 0 Å². The van der Waals surface area contributed by atoms with Crippen molar-refractivity contribution < 1.29 is 18.9 Å². The summed E-state index contributed by atoms with van der Waals surface area (Å²) in [5.41, 5.74) is 0.920. The molecule has 2 heterocycles. The van der Waals surface area contributed by atoms with Gasteiger partial charge in [-0.2, -0.15) is 0 Å². The number of hydrogen-bond acceptors (Lipinski definition) is 6. The lowest BCUT2D eigenvalue weighted by molar-refractivity contribution is -0.402. The summed E-state index contributed by atoms with van der Waals surface area (Å²) < 4.78 is 5.06. The van der Waals surface area contributed by atoms with E-state index < -0.39 is 22.6 Å². The van der Waals surface area contributed by atoms with Crippen molar-refractivity contribution in [3.8, 4) is 0 Å². The monoisotopic (exact) mass is 445 g/mol. The molecule has 0 aliphatic carbocycles. The van der Waals surface area contributed by atoms with Gasteiger partial charge < -0.3 is 4.42 Å². The molecule has 1 aromatic heterocycles. The number of nitrogens with zero attached hydrogens (tertiary/aromatic N) is 3. The summed E-state index contributed by atoms with van der Waals surface area (Å²) in [6, 6.07) is 20.2. The second kappa shape index (κ2) is 8.78. The fourth-order valence-electron chi connectivity index (χ4n) is 3.13. The molecule has 0 radical (unpaired) electrons. The van der Waals surface area contributed by atoms with Gasteiger partial charge in [0.2, 0.25) is 0 Å². The second-order valence-electron chi connectivity index (χ2n) is 6.61. The first-order valence-corrected chi connectivity index (χ1v) is 9.84. The Kier molecular flexibility index (Phi) is 5.73. The van der Waals surface area contributed by atoms with Crippen molar-refractivity contribution >= 4 is 52.5 Å². The highest BCUT2D eigenvalue weighted by Crippen LogP contribution is 2.29. The van der Waals surface area contributed by atoms with E-state index >= 15 is 0 Å². The molecule has 0 unspecified atom stereocenters. The first-order valence-electron chi connectivity index (χ1n) is 9.43. The largest absolute Gasteiger partial charge is 0.433 e. The maximum absolute atomic E-state index is 13.2. The fraction of sp³-hybridized carbons (Fsp3) is 0. The quantitative estimate of drug-likeness (QED) is 0.189. The minimum Gasteiger partial charge on any atom is -0.401 e. The Morgan fingerprint density at radius 2 is 1.38 bits per heavy atom. The van der Waals surface area contributed by atoms with E-state index in [1.807, 2.05) is 12.1 Å². The summed E-state index contributed by atoms with van der Waals surface area (Å²) >= 11 is 5.52. The van der Waals surface area contributed by atoms with Crippen LogP contribution in [0.5, 0.6) is 0 Å². The van der Waals surface area contributed by atoms with Crippen molar-refractivity contribution in [1.82, 2.24) is 0 Å². The second-order valence-corrected chi connectivity index (χ2v) is 6.97. The standard InChI is InChI=1S/C23H15N3O5S/c27-21-19(13-7-12-18-14-15-20(31-18)26(29)30)22(28)25(17-10-5-2-6-11-17)23(32)24(21)16-8-3-1-4-9-16/h1-15H/b12-7+. The topological polar surface area (TPSA) is 96.9 Å². The Hall–Kier alpha value is -4.37. The van der Waals surface area contributed by atoms with Crippen LogP contribution >= 0.6 is 12.2 Å². The normalized spacial score (nSPS) is 14.4. The predicted molar refractivity (Wildman–Crippen MR) is 123 cm³/mol. The van der Waals surface area contributed by atoms with Crippen LogP contribution in [-0.2, 0) is 9.59 Å². The molecule has 0 atom stereocenters. The minimum atomic E-state index is -0.652. The number of rotatable bonds is 5. The van der Waals surface area contributed by atoms with Gasteiger partial charge in [-0.05, 0) is 54.7 Å². The highest BCUT2D eigenvalue weighted by molar-refractivity contribution is 7.81. The molecule has 2 amide bonds. The molecule has 0 spiro atoms. The van der Waals surface area contributed by atoms with Gasteiger partial charge in [0.25, 0.3) is 11.8 Å². The van der Waals surface area contributed by atoms with Crippen LogP contribution in [0.1, 0.15) is 5.76 Å². The van der Waals surface area contributed by atoms with Gasteiger partial charge in [-0.25, -0.2) is 0 Å². The summed E-state index contributed by atoms with van der Waals surface area (Å²) in [7, 11) is 0. The molecule has 1 saturated heterocycles. The van der Waals surface area contributed by atoms with Crippen LogP contribution in [0.4, 0.5) is 17.3 Å². The van der Waals surface area contributed by atoms with Crippen LogP contribution in [0.2, 0.25) is 0 Å². The lowest BCUT2D eigenvalue weighted by Crippen LogP contribution is -2.57. The van der Waals surface area contributed by atoms with Gasteiger partial charge in [-0.15, -0.1) is 0 Å². The van der Waals surface area contributed by atoms with Crippen LogP contribution in [-0.4, -0.2) is 21.9 Å². The van der Waals surface area contributed by atoms with Crippen molar-refractivity contribution in [2.75, 3.05) is 9.80 Å². The Balaban J connectivity index is 1.74. The number of amides is 2. The van der Waals surface area contributed by atoms with Crippen LogP contribution < -0.4 is 9.80 Å². The average molecular weight is 445 g/mol. The summed E-state index contributed by atoms with van der Waals surface area (Å²) in [6.07, 6.45) is 4.19. The molecule has 9 heteroatoms. The number of thiocarbonyl (C=S) groups is 1. The highest BCUT2D eigenvalue weighted by atomic mass is 32.1. The molecule has 32 heavy (non-hydrogen) atoms. The van der Waals surface area contributed by atoms with Crippen LogP contribution in [0.15, 0.2) is 94.9 Å². The first-order chi connectivity index (χ1) is 15.5. The predicted octanol–water partition coefficient (Wildman–Crippen LogP) is 4.49. The van der Waals surface area contributed by atoms with Crippen molar-refractivity contribution in [3.05, 3.63) is 106 Å². The Morgan fingerprint density at radius 1 is 0.844 bits per heavy atom. The summed E-state index contributed by atoms with van der Waals surface area (Å²) in [5.74, 6) is -1.35. The van der Waals surface area contributed by atoms with E-state index in [0.717, 1.165) is 0 Å². The number of carbonyl (C=O) groups is 2. The van der Waals surface area contributed by atoms with Gasteiger partial charge in [-0.3, -0.25) is 29.5 Å². The van der Waals surface area contributed by atoms with Gasteiger partial charge in [0.15, 0.2) is 5.11 Å². The molecule has 1 aliphatic heterocycles. The number of para-hydroxylation sites is 2. The van der Waals surface area contributed by atoms with Gasteiger partial charge in [0.05, 0.1) is 17.4 Å². The zero-order chi connectivity index (χ0) is 22.7. The third-order valence-corrected chi connectivity index (χ3v) is 4.96. The van der Waals surface area contributed by atoms with Gasteiger partial charge in [0, 0.05) is 0 Å². The third kappa shape index (κ3) is 3.96. The maximum Gasteiger partial charge on any atom is 0.433 e. The van der Waals surface area contributed by atoms with Crippen molar-refractivity contribution in [3.63, 3.8) is 0 Å². The molecular weight excluding hydrogens is 430 g/mol. The number of carbonyl (C=O) groups excluding carboxylic acids is 2. The van der Waals surface area contributed by atoms with Gasteiger partial charge in [-0.1, -0.05) is 42.5 Å². The van der Waals surface area contributed by atoms with Gasteiger partial charge >= 0.3 is 5.88 Å². The fourth-order valence-corrected chi connectivity index (χ4v) is 3.50. The summed E-state index contributed by atoms with van der Waals surface area (Å²) in [5, 5.41) is 10.8. The minimum absolute atomic E-state index is 0.0418. The number of furan rings is 1. The molecule has 158 valence electrons. The molecule has 0 bridgehead atoms. The Morgan fingerprint density at radius 3 is 1.84 bits per heavy atom. The number of benzene rings is 2. The maximum atomic E-state index is 13.2. The molecule has 3 aromatic rings. The molecule has 0 N–H and O–H groups in total. The summed E-state index contributed by atoms with van der Waals surface area (Å²) in [6.45, 7) is 0. The Bertz CT molecular complexity index is 1200. The van der Waals surface area contributed by atoms with E-state index in [9.17, 15) is 19.7 Å². The molecule has 1 fully saturated rings. The van der Waals surface area contributed by atoms with E-state index in [2.05, 4.69) is 0 Å². The van der Waals surface area contributed by atoms with E-state index in [-0.39, 0.29) is 16.4 Å².